The van der Waals surface area contributed by atoms with Crippen LogP contribution in [0, 0.1) is 6.92 Å². The van der Waals surface area contributed by atoms with Crippen LogP contribution in [0.3, 0.4) is 0 Å². The second-order valence-corrected chi connectivity index (χ2v) is 4.32. The van der Waals surface area contributed by atoms with E-state index >= 15 is 0 Å². The molecule has 18 heavy (non-hydrogen) atoms. The van der Waals surface area contributed by atoms with Gasteiger partial charge in [0.2, 0.25) is 12.3 Å². The molecule has 0 saturated carbocycles. The number of nitrogens with two attached hydrogens (primary N) is 1. The second-order valence-electron chi connectivity index (χ2n) is 4.32. The van der Waals surface area contributed by atoms with Crippen LogP contribution in [-0.4, -0.2) is 12.3 Å². The van der Waals surface area contributed by atoms with Crippen molar-refractivity contribution in [3.05, 3.63) is 34.4 Å². The first-order valence-electron chi connectivity index (χ1n) is 6.16. The monoisotopic (exact) mass is 248 g/mol. The highest BCUT2D eigenvalue weighted by Crippen LogP contribution is 2.25. The van der Waals surface area contributed by atoms with Crippen LogP contribution in [0.1, 0.15) is 42.1 Å². The van der Waals surface area contributed by atoms with E-state index in [1.807, 2.05) is 32.9 Å². The van der Waals surface area contributed by atoms with Gasteiger partial charge in [0, 0.05) is 0 Å². The fourth-order valence-electron chi connectivity index (χ4n) is 2.28. The van der Waals surface area contributed by atoms with Crippen molar-refractivity contribution in [1.29, 1.82) is 0 Å². The van der Waals surface area contributed by atoms with Gasteiger partial charge in [-0.3, -0.25) is 9.59 Å². The molecule has 1 aromatic rings. The summed E-state index contributed by atoms with van der Waals surface area (Å²) in [5.74, 6) is -0.532. The van der Waals surface area contributed by atoms with E-state index in [2.05, 4.69) is 5.32 Å². The topological polar surface area (TPSA) is 72.2 Å². The molecule has 1 unspecified atom stereocenters. The number of primary amides is 1. The molecule has 0 saturated heterocycles. The van der Waals surface area contributed by atoms with Gasteiger partial charge in [-0.2, -0.15) is 0 Å². The van der Waals surface area contributed by atoms with Gasteiger partial charge in [0.05, 0.1) is 0 Å². The van der Waals surface area contributed by atoms with E-state index in [9.17, 15) is 9.59 Å². The van der Waals surface area contributed by atoms with Crippen molar-refractivity contribution in [3.8, 4) is 0 Å². The lowest BCUT2D eigenvalue weighted by Gasteiger charge is -2.21. The lowest BCUT2D eigenvalue weighted by Crippen LogP contribution is -2.34. The molecule has 0 aliphatic heterocycles. The summed E-state index contributed by atoms with van der Waals surface area (Å²) >= 11 is 0. The maximum absolute atomic E-state index is 11.5. The normalized spacial score (nSPS) is 11.9. The van der Waals surface area contributed by atoms with Crippen molar-refractivity contribution in [2.75, 3.05) is 0 Å². The Labute approximate surface area is 108 Å². The Morgan fingerprint density at radius 3 is 2.17 bits per heavy atom. The van der Waals surface area contributed by atoms with Crippen molar-refractivity contribution in [2.24, 2.45) is 5.73 Å². The number of hydrogen-bond acceptors (Lipinski definition) is 2. The Morgan fingerprint density at radius 1 is 1.33 bits per heavy atom. The Morgan fingerprint density at radius 2 is 1.83 bits per heavy atom. The summed E-state index contributed by atoms with van der Waals surface area (Å²) in [7, 11) is 0. The first kappa shape index (κ1) is 14.2. The Kier molecular flexibility index (Phi) is 4.89. The molecule has 0 fully saturated rings. The lowest BCUT2D eigenvalue weighted by molar-refractivity contribution is -0.122. The fraction of sp³-hybridized carbons (Fsp3) is 0.429. The van der Waals surface area contributed by atoms with Crippen molar-refractivity contribution < 1.29 is 9.59 Å². The highest BCUT2D eigenvalue weighted by atomic mass is 16.2. The van der Waals surface area contributed by atoms with Gasteiger partial charge in [0.1, 0.15) is 6.04 Å². The first-order valence-corrected chi connectivity index (χ1v) is 6.16. The predicted octanol–water partition coefficient (Wildman–Crippen LogP) is 1.39. The molecule has 4 nitrogen and oxygen atoms in total. The third-order valence-electron chi connectivity index (χ3n) is 3.07. The van der Waals surface area contributed by atoms with Gasteiger partial charge in [0.15, 0.2) is 0 Å². The molecular weight excluding hydrogens is 228 g/mol. The molecule has 0 aliphatic carbocycles. The van der Waals surface area contributed by atoms with Crippen molar-refractivity contribution in [2.45, 2.75) is 39.7 Å². The molecule has 4 heteroatoms. The summed E-state index contributed by atoms with van der Waals surface area (Å²) in [4.78, 5) is 22.2. The molecule has 0 spiro atoms. The zero-order valence-electron chi connectivity index (χ0n) is 11.1. The van der Waals surface area contributed by atoms with E-state index in [4.69, 9.17) is 5.73 Å². The quantitative estimate of drug-likeness (QED) is 0.747. The molecule has 98 valence electrons. The SMILES string of the molecule is CCc1cc(C)cc(CC)c1C(NC=O)C(N)=O. The molecule has 3 N–H and O–H groups in total. The van der Waals surface area contributed by atoms with Crippen LogP contribution in [-0.2, 0) is 22.4 Å². The Hall–Kier alpha value is -1.84. The number of carbonyl (C=O) groups is 2. The third-order valence-corrected chi connectivity index (χ3v) is 3.07. The number of amides is 2. The molecule has 0 bridgehead atoms. The highest BCUT2D eigenvalue weighted by Gasteiger charge is 2.22. The van der Waals surface area contributed by atoms with Gasteiger partial charge >= 0.3 is 0 Å². The van der Waals surface area contributed by atoms with Crippen LogP contribution in [0.25, 0.3) is 0 Å². The van der Waals surface area contributed by atoms with Crippen LogP contribution >= 0.6 is 0 Å². The minimum Gasteiger partial charge on any atom is -0.368 e. The average molecular weight is 248 g/mol. The van der Waals surface area contributed by atoms with Crippen molar-refractivity contribution in [3.63, 3.8) is 0 Å². The van der Waals surface area contributed by atoms with E-state index in [1.54, 1.807) is 0 Å². The van der Waals surface area contributed by atoms with E-state index in [-0.39, 0.29) is 0 Å². The molecule has 2 amide bonds. The van der Waals surface area contributed by atoms with Gasteiger partial charge in [0.25, 0.3) is 0 Å². The van der Waals surface area contributed by atoms with Crippen molar-refractivity contribution in [1.82, 2.24) is 5.32 Å². The third kappa shape index (κ3) is 2.88. The summed E-state index contributed by atoms with van der Waals surface area (Å²) in [6.45, 7) is 6.07. The molecule has 0 heterocycles. The maximum Gasteiger partial charge on any atom is 0.244 e. The minimum atomic E-state index is -0.743. The molecule has 0 radical (unpaired) electrons. The van der Waals surface area contributed by atoms with Gasteiger partial charge in [-0.05, 0) is 36.5 Å². The van der Waals surface area contributed by atoms with Crippen LogP contribution in [0.4, 0.5) is 0 Å². The fourth-order valence-corrected chi connectivity index (χ4v) is 2.28. The molecule has 1 aromatic carbocycles. The standard InChI is InChI=1S/C14H20N2O2/c1-4-10-6-9(3)7-11(5-2)12(10)13(14(15)18)16-8-17/h6-8,13H,4-5H2,1-3H3,(H2,15,18)(H,16,17). The number of benzene rings is 1. The van der Waals surface area contributed by atoms with Gasteiger partial charge < -0.3 is 11.1 Å². The van der Waals surface area contributed by atoms with Crippen LogP contribution < -0.4 is 11.1 Å². The number of rotatable bonds is 6. The summed E-state index contributed by atoms with van der Waals surface area (Å²) in [6.07, 6.45) is 2.12. The average Bonchev–Trinajstić information content (AvgIpc) is 2.34. The zero-order chi connectivity index (χ0) is 13.7. The molecule has 1 rings (SSSR count). The predicted molar refractivity (Wildman–Crippen MR) is 71.1 cm³/mol. The second kappa shape index (κ2) is 6.19. The van der Waals surface area contributed by atoms with E-state index in [0.717, 1.165) is 35.1 Å². The summed E-state index contributed by atoms with van der Waals surface area (Å²) in [5.41, 5.74) is 9.51. The number of aryl methyl sites for hydroxylation is 3. The molecule has 1 atom stereocenters. The lowest BCUT2D eigenvalue weighted by atomic mass is 9.90. The Balaban J connectivity index is 3.42. The smallest absolute Gasteiger partial charge is 0.244 e. The molecule has 0 aliphatic rings. The Bertz CT molecular complexity index is 430. The van der Waals surface area contributed by atoms with Crippen LogP contribution in [0.2, 0.25) is 0 Å². The first-order chi connectivity index (χ1) is 8.54. The van der Waals surface area contributed by atoms with Crippen LogP contribution in [0.5, 0.6) is 0 Å². The number of nitrogens with one attached hydrogen (secondary N) is 1. The van der Waals surface area contributed by atoms with Crippen molar-refractivity contribution >= 4 is 12.3 Å². The highest BCUT2D eigenvalue weighted by molar-refractivity contribution is 5.84. The number of hydrogen-bond donors (Lipinski definition) is 2. The van der Waals surface area contributed by atoms with Gasteiger partial charge in [-0.25, -0.2) is 0 Å². The summed E-state index contributed by atoms with van der Waals surface area (Å²) < 4.78 is 0. The van der Waals surface area contributed by atoms with Gasteiger partial charge in [-0.1, -0.05) is 31.5 Å². The van der Waals surface area contributed by atoms with E-state index in [1.165, 1.54) is 0 Å². The maximum atomic E-state index is 11.5. The minimum absolute atomic E-state index is 0.522. The van der Waals surface area contributed by atoms with Crippen LogP contribution in [0.15, 0.2) is 12.1 Å². The zero-order valence-corrected chi connectivity index (χ0v) is 11.1. The summed E-state index contributed by atoms with van der Waals surface area (Å²) in [5, 5.41) is 2.51. The largest absolute Gasteiger partial charge is 0.368 e. The molecule has 0 aromatic heterocycles. The number of carbonyl (C=O) groups excluding carboxylic acids is 2. The van der Waals surface area contributed by atoms with E-state index < -0.39 is 11.9 Å². The van der Waals surface area contributed by atoms with Gasteiger partial charge in [-0.15, -0.1) is 0 Å². The molecular formula is C14H20N2O2. The van der Waals surface area contributed by atoms with E-state index in [0.29, 0.717) is 6.41 Å². The summed E-state index contributed by atoms with van der Waals surface area (Å²) in [6, 6.07) is 3.33.